The summed E-state index contributed by atoms with van der Waals surface area (Å²) in [6, 6.07) is 15.3. The SMILES string of the molecule is Cc1cccc2cccc(N3CCc4c(nc(OCC5(CN(C)C)CC5)nc4N4CCN(C(=O)/C=C/CO)C(CC#N)C4)C3)c12. The molecule has 236 valence electrons. The Morgan fingerprint density at radius 3 is 2.69 bits per heavy atom. The first-order valence-electron chi connectivity index (χ1n) is 15.9. The van der Waals surface area contributed by atoms with Gasteiger partial charge in [0.15, 0.2) is 0 Å². The molecule has 0 spiro atoms. The topological polar surface area (TPSA) is 109 Å². The Balaban J connectivity index is 1.32. The van der Waals surface area contributed by atoms with Gasteiger partial charge in [0, 0.05) is 60.9 Å². The van der Waals surface area contributed by atoms with Crippen LogP contribution in [0.4, 0.5) is 11.5 Å². The van der Waals surface area contributed by atoms with E-state index in [0.29, 0.717) is 38.8 Å². The van der Waals surface area contributed by atoms with Gasteiger partial charge in [-0.15, -0.1) is 0 Å². The molecule has 3 aromatic rings. The van der Waals surface area contributed by atoms with E-state index in [0.717, 1.165) is 49.4 Å². The zero-order valence-electron chi connectivity index (χ0n) is 26.6. The maximum atomic E-state index is 12.9. The number of anilines is 2. The van der Waals surface area contributed by atoms with Crippen LogP contribution in [0.3, 0.4) is 0 Å². The van der Waals surface area contributed by atoms with Crippen LogP contribution in [0.15, 0.2) is 48.6 Å². The third-order valence-electron chi connectivity index (χ3n) is 9.33. The molecule has 1 N–H and O–H groups in total. The van der Waals surface area contributed by atoms with Crippen molar-refractivity contribution < 1.29 is 14.6 Å². The molecule has 1 aliphatic carbocycles. The molecule has 3 heterocycles. The zero-order valence-corrected chi connectivity index (χ0v) is 26.6. The number of benzene rings is 2. The van der Waals surface area contributed by atoms with Gasteiger partial charge in [-0.05, 0) is 57.3 Å². The van der Waals surface area contributed by atoms with Gasteiger partial charge < -0.3 is 29.4 Å². The average Bonchev–Trinajstić information content (AvgIpc) is 3.80. The van der Waals surface area contributed by atoms with E-state index < -0.39 is 0 Å². The number of aliphatic hydroxyl groups is 1. The number of hydrogen-bond acceptors (Lipinski definition) is 9. The summed E-state index contributed by atoms with van der Waals surface area (Å²) in [6.45, 7) is 6.52. The van der Waals surface area contributed by atoms with Crippen LogP contribution in [0.5, 0.6) is 6.01 Å². The average molecular weight is 610 g/mol. The maximum absolute atomic E-state index is 12.9. The number of carbonyl (C=O) groups excluding carboxylic acids is 1. The van der Waals surface area contributed by atoms with E-state index in [-0.39, 0.29) is 30.4 Å². The molecule has 10 heteroatoms. The normalized spacial score (nSPS) is 19.2. The Hall–Kier alpha value is -4.20. The second-order valence-electron chi connectivity index (χ2n) is 13.0. The highest BCUT2D eigenvalue weighted by Crippen LogP contribution is 2.46. The number of aliphatic hydroxyl groups excluding tert-OH is 1. The number of ether oxygens (including phenoxy) is 1. The van der Waals surface area contributed by atoms with Gasteiger partial charge in [-0.2, -0.15) is 15.2 Å². The summed E-state index contributed by atoms with van der Waals surface area (Å²) in [6.07, 6.45) is 6.09. The molecule has 1 atom stereocenters. The number of nitriles is 1. The van der Waals surface area contributed by atoms with E-state index in [1.165, 1.54) is 34.2 Å². The summed E-state index contributed by atoms with van der Waals surface area (Å²) in [5, 5.41) is 21.3. The van der Waals surface area contributed by atoms with Crippen LogP contribution < -0.4 is 14.5 Å². The minimum absolute atomic E-state index is 0.140. The van der Waals surface area contributed by atoms with Crippen molar-refractivity contribution in [1.29, 1.82) is 5.26 Å². The summed E-state index contributed by atoms with van der Waals surface area (Å²) in [5.74, 6) is 0.663. The molecule has 0 bridgehead atoms. The minimum Gasteiger partial charge on any atom is -0.463 e. The molecule has 2 aromatic carbocycles. The number of rotatable bonds is 10. The Morgan fingerprint density at radius 2 is 1.96 bits per heavy atom. The highest BCUT2D eigenvalue weighted by molar-refractivity contribution is 5.97. The quantitative estimate of drug-likeness (QED) is 0.344. The van der Waals surface area contributed by atoms with Crippen molar-refractivity contribution in [2.75, 3.05) is 69.8 Å². The first-order valence-corrected chi connectivity index (χ1v) is 15.9. The van der Waals surface area contributed by atoms with E-state index in [4.69, 9.17) is 19.8 Å². The van der Waals surface area contributed by atoms with Gasteiger partial charge in [0.25, 0.3) is 0 Å². The van der Waals surface area contributed by atoms with Crippen LogP contribution in [0.1, 0.15) is 36.1 Å². The van der Waals surface area contributed by atoms with Gasteiger partial charge in [0.05, 0.1) is 44.0 Å². The van der Waals surface area contributed by atoms with Crippen molar-refractivity contribution in [2.24, 2.45) is 5.41 Å². The monoisotopic (exact) mass is 609 g/mol. The maximum Gasteiger partial charge on any atom is 0.318 e. The van der Waals surface area contributed by atoms with Gasteiger partial charge >= 0.3 is 6.01 Å². The first kappa shape index (κ1) is 30.8. The van der Waals surface area contributed by atoms with Crippen molar-refractivity contribution in [3.8, 4) is 12.1 Å². The van der Waals surface area contributed by atoms with Crippen molar-refractivity contribution in [2.45, 2.75) is 45.2 Å². The van der Waals surface area contributed by atoms with Gasteiger partial charge in [-0.3, -0.25) is 4.79 Å². The number of aryl methyl sites for hydroxylation is 1. The van der Waals surface area contributed by atoms with Crippen LogP contribution in [-0.2, 0) is 17.8 Å². The second kappa shape index (κ2) is 13.0. The van der Waals surface area contributed by atoms with E-state index in [2.05, 4.69) is 78.2 Å². The molecular formula is C35H43N7O3. The molecule has 1 saturated heterocycles. The number of aromatic nitrogens is 2. The van der Waals surface area contributed by atoms with Crippen molar-refractivity contribution >= 4 is 28.2 Å². The third-order valence-corrected chi connectivity index (χ3v) is 9.33. The molecule has 2 fully saturated rings. The van der Waals surface area contributed by atoms with Gasteiger partial charge in [-0.1, -0.05) is 36.4 Å². The first-order chi connectivity index (χ1) is 21.8. The zero-order chi connectivity index (χ0) is 31.6. The summed E-state index contributed by atoms with van der Waals surface area (Å²) >= 11 is 0. The molecule has 3 aliphatic rings. The molecule has 1 saturated carbocycles. The lowest BCUT2D eigenvalue weighted by Crippen LogP contribution is -2.55. The predicted octanol–water partition coefficient (Wildman–Crippen LogP) is 3.70. The lowest BCUT2D eigenvalue weighted by molar-refractivity contribution is -0.128. The molecule has 1 unspecified atom stereocenters. The summed E-state index contributed by atoms with van der Waals surface area (Å²) in [4.78, 5) is 31.5. The van der Waals surface area contributed by atoms with E-state index in [1.54, 1.807) is 4.90 Å². The lowest BCUT2D eigenvalue weighted by atomic mass is 9.99. The number of carbonyl (C=O) groups is 1. The fraction of sp³-hybridized carbons (Fsp3) is 0.486. The van der Waals surface area contributed by atoms with Gasteiger partial charge in [0.2, 0.25) is 5.91 Å². The molecule has 10 nitrogen and oxygen atoms in total. The van der Waals surface area contributed by atoms with Crippen LogP contribution >= 0.6 is 0 Å². The summed E-state index contributed by atoms with van der Waals surface area (Å²) < 4.78 is 6.40. The minimum atomic E-state index is -0.289. The largest absolute Gasteiger partial charge is 0.463 e. The van der Waals surface area contributed by atoms with E-state index >= 15 is 0 Å². The second-order valence-corrected chi connectivity index (χ2v) is 13.0. The Kier molecular flexibility index (Phi) is 8.92. The lowest BCUT2D eigenvalue weighted by Gasteiger charge is -2.42. The van der Waals surface area contributed by atoms with Crippen molar-refractivity contribution in [3.05, 3.63) is 65.4 Å². The smallest absolute Gasteiger partial charge is 0.318 e. The van der Waals surface area contributed by atoms with Crippen LogP contribution in [-0.4, -0.2) is 96.9 Å². The van der Waals surface area contributed by atoms with Gasteiger partial charge in [-0.25, -0.2) is 0 Å². The molecule has 45 heavy (non-hydrogen) atoms. The molecule has 2 aliphatic heterocycles. The van der Waals surface area contributed by atoms with Crippen LogP contribution in [0, 0.1) is 23.7 Å². The fourth-order valence-corrected chi connectivity index (χ4v) is 6.97. The molecule has 0 radical (unpaired) electrons. The summed E-state index contributed by atoms with van der Waals surface area (Å²) in [7, 11) is 4.19. The number of piperazine rings is 1. The van der Waals surface area contributed by atoms with E-state index in [9.17, 15) is 10.1 Å². The highest BCUT2D eigenvalue weighted by atomic mass is 16.5. The van der Waals surface area contributed by atoms with Gasteiger partial charge in [0.1, 0.15) is 5.82 Å². The van der Waals surface area contributed by atoms with E-state index in [1.807, 2.05) is 0 Å². The Morgan fingerprint density at radius 1 is 1.16 bits per heavy atom. The van der Waals surface area contributed by atoms with Crippen LogP contribution in [0.2, 0.25) is 0 Å². The van der Waals surface area contributed by atoms with Crippen molar-refractivity contribution in [1.82, 2.24) is 19.8 Å². The number of nitrogens with zero attached hydrogens (tertiary/aromatic N) is 7. The fourth-order valence-electron chi connectivity index (χ4n) is 6.97. The number of amides is 1. The summed E-state index contributed by atoms with van der Waals surface area (Å²) in [5.41, 5.74) is 4.67. The molecular weight excluding hydrogens is 566 g/mol. The molecule has 1 aromatic heterocycles. The highest BCUT2D eigenvalue weighted by Gasteiger charge is 2.44. The molecule has 6 rings (SSSR count). The standard InChI is InChI=1S/C35H43N7O3/c1-25-7-4-8-26-9-5-10-30(32(25)26)40-17-13-28-29(22-40)37-34(45-24-35(14-15-35)23-39(2)3)38-33(28)41-18-19-42(27(21-41)12-16-36)31(44)11-6-20-43/h4-11,27,43H,12-15,17-24H2,1-3H3/b11-6+. The van der Waals surface area contributed by atoms with Crippen molar-refractivity contribution in [3.63, 3.8) is 0 Å². The number of hydrogen-bond donors (Lipinski definition) is 1. The number of fused-ring (bicyclic) bond motifs is 2. The van der Waals surface area contributed by atoms with Crippen LogP contribution in [0.25, 0.3) is 10.8 Å². The predicted molar refractivity (Wildman–Crippen MR) is 175 cm³/mol. The third kappa shape index (κ3) is 6.60. The Bertz CT molecular complexity index is 1620. The molecule has 1 amide bonds. The Labute approximate surface area is 265 Å².